The molecule has 3 aromatic carbocycles. The summed E-state index contributed by atoms with van der Waals surface area (Å²) in [6, 6.07) is 20.3. The lowest BCUT2D eigenvalue weighted by Gasteiger charge is -2.41. The lowest BCUT2D eigenvalue weighted by atomic mass is 10.0. The average Bonchev–Trinajstić information content (AvgIpc) is 3.30. The van der Waals surface area contributed by atoms with E-state index in [-0.39, 0.29) is 4.90 Å². The van der Waals surface area contributed by atoms with Crippen molar-refractivity contribution < 1.29 is 13.2 Å². The molecule has 0 unspecified atom stereocenters. The van der Waals surface area contributed by atoms with E-state index >= 15 is 0 Å². The maximum Gasteiger partial charge on any atom is 0.175 e. The smallest absolute Gasteiger partial charge is 0.175 e. The fraction of sp³-hybridized carbons (Fsp3) is 0.367. The van der Waals surface area contributed by atoms with Gasteiger partial charge in [-0.2, -0.15) is 0 Å². The van der Waals surface area contributed by atoms with Gasteiger partial charge in [0.2, 0.25) is 0 Å². The Kier molecular flexibility index (Phi) is 7.14. The highest BCUT2D eigenvalue weighted by molar-refractivity contribution is 7.90. The molecule has 0 aliphatic carbocycles. The Morgan fingerprint density at radius 1 is 0.872 bits per heavy atom. The van der Waals surface area contributed by atoms with E-state index in [4.69, 9.17) is 21.3 Å². The average molecular weight is 565 g/mol. The predicted molar refractivity (Wildman–Crippen MR) is 157 cm³/mol. The number of ether oxygens (including phenoxy) is 1. The Balaban J connectivity index is 1.21. The van der Waals surface area contributed by atoms with E-state index in [0.29, 0.717) is 11.1 Å². The van der Waals surface area contributed by atoms with Gasteiger partial charge in [-0.05, 0) is 72.5 Å². The van der Waals surface area contributed by atoms with Gasteiger partial charge in [0.15, 0.2) is 9.84 Å². The first kappa shape index (κ1) is 26.3. The number of hydrogen-bond acceptors (Lipinski definition) is 6. The fourth-order valence-corrected chi connectivity index (χ4v) is 6.67. The minimum Gasteiger partial charge on any atom is -0.381 e. The number of sulfone groups is 1. The third kappa shape index (κ3) is 5.31. The number of anilines is 1. The zero-order valence-electron chi connectivity index (χ0n) is 22.3. The minimum atomic E-state index is -3.25. The van der Waals surface area contributed by atoms with Gasteiger partial charge in [-0.3, -0.25) is 4.90 Å². The molecule has 2 aliphatic heterocycles. The molecule has 0 amide bonds. The number of nitrogens with zero attached hydrogens (tertiary/aromatic N) is 4. The lowest BCUT2D eigenvalue weighted by Crippen LogP contribution is -2.51. The van der Waals surface area contributed by atoms with Crippen LogP contribution < -0.4 is 4.90 Å². The SMILES string of the molecule is Cn1c(-c2ccc(S(C)(=O)=O)cc2)nc2c(Cl)cc(-c3ccc(N4CCN(C5CCOCC5)CC4)cc3)cc21. The largest absolute Gasteiger partial charge is 0.381 e. The first-order chi connectivity index (χ1) is 18.8. The Morgan fingerprint density at radius 2 is 1.51 bits per heavy atom. The number of rotatable bonds is 5. The van der Waals surface area contributed by atoms with E-state index in [2.05, 4.69) is 40.1 Å². The summed E-state index contributed by atoms with van der Waals surface area (Å²) in [6.45, 7) is 6.05. The third-order valence-corrected chi connectivity index (χ3v) is 9.48. The summed E-state index contributed by atoms with van der Waals surface area (Å²) in [6.07, 6.45) is 3.50. The number of imidazole rings is 1. The summed E-state index contributed by atoms with van der Waals surface area (Å²) in [5, 5.41) is 0.588. The Morgan fingerprint density at radius 3 is 2.15 bits per heavy atom. The third-order valence-electron chi connectivity index (χ3n) is 8.07. The van der Waals surface area contributed by atoms with Gasteiger partial charge in [-0.25, -0.2) is 13.4 Å². The van der Waals surface area contributed by atoms with Crippen molar-refractivity contribution in [3.8, 4) is 22.5 Å². The second kappa shape index (κ2) is 10.6. The standard InChI is InChI=1S/C30H33ClN4O3S/c1-33-28-20-23(19-27(31)29(28)32-30(33)22-5-9-26(10-6-22)39(2,36)37)21-3-7-24(8-4-21)34-13-15-35(16-14-34)25-11-17-38-18-12-25/h3-10,19-20,25H,11-18H2,1-2H3. The van der Waals surface area contributed by atoms with E-state index in [1.807, 2.05) is 17.7 Å². The highest BCUT2D eigenvalue weighted by Gasteiger charge is 2.25. The van der Waals surface area contributed by atoms with E-state index in [1.165, 1.54) is 11.9 Å². The molecule has 7 nitrogen and oxygen atoms in total. The molecule has 2 aliphatic rings. The van der Waals surface area contributed by atoms with Gasteiger partial charge in [-0.15, -0.1) is 0 Å². The van der Waals surface area contributed by atoms with Crippen molar-refractivity contribution in [2.45, 2.75) is 23.8 Å². The van der Waals surface area contributed by atoms with E-state index < -0.39 is 9.84 Å². The topological polar surface area (TPSA) is 67.7 Å². The molecule has 0 bridgehead atoms. The van der Waals surface area contributed by atoms with Gasteiger partial charge in [0.25, 0.3) is 0 Å². The molecule has 39 heavy (non-hydrogen) atoms. The normalized spacial score (nSPS) is 17.7. The molecule has 0 spiro atoms. The highest BCUT2D eigenvalue weighted by Crippen LogP contribution is 2.34. The molecule has 0 radical (unpaired) electrons. The summed E-state index contributed by atoms with van der Waals surface area (Å²) in [4.78, 5) is 10.2. The van der Waals surface area contributed by atoms with Crippen molar-refractivity contribution in [2.75, 3.05) is 50.5 Å². The van der Waals surface area contributed by atoms with Gasteiger partial charge < -0.3 is 14.2 Å². The second-order valence-electron chi connectivity index (χ2n) is 10.5. The van der Waals surface area contributed by atoms with Crippen LogP contribution in [0.4, 0.5) is 5.69 Å². The Hall–Kier alpha value is -2.91. The lowest BCUT2D eigenvalue weighted by molar-refractivity contribution is 0.0321. The molecular weight excluding hydrogens is 532 g/mol. The first-order valence-corrected chi connectivity index (χ1v) is 15.7. The van der Waals surface area contributed by atoms with Crippen LogP contribution in [0.25, 0.3) is 33.5 Å². The van der Waals surface area contributed by atoms with Crippen molar-refractivity contribution in [1.82, 2.24) is 14.5 Å². The highest BCUT2D eigenvalue weighted by atomic mass is 35.5. The maximum absolute atomic E-state index is 11.8. The molecule has 9 heteroatoms. The molecule has 0 N–H and O–H groups in total. The van der Waals surface area contributed by atoms with Crippen LogP contribution in [-0.4, -0.2) is 74.6 Å². The summed E-state index contributed by atoms with van der Waals surface area (Å²) in [5.74, 6) is 0.736. The molecular formula is C30H33ClN4O3S. The Labute approximate surface area is 234 Å². The maximum atomic E-state index is 11.8. The molecule has 4 aromatic rings. The first-order valence-electron chi connectivity index (χ1n) is 13.4. The molecule has 3 heterocycles. The van der Waals surface area contributed by atoms with Crippen LogP contribution in [0.3, 0.4) is 0 Å². The molecule has 6 rings (SSSR count). The minimum absolute atomic E-state index is 0.287. The van der Waals surface area contributed by atoms with Crippen LogP contribution in [0.1, 0.15) is 12.8 Å². The van der Waals surface area contributed by atoms with Crippen LogP contribution in [-0.2, 0) is 21.6 Å². The number of benzene rings is 3. The van der Waals surface area contributed by atoms with Gasteiger partial charge in [0.1, 0.15) is 11.3 Å². The van der Waals surface area contributed by atoms with Crippen LogP contribution in [0, 0.1) is 0 Å². The molecule has 0 atom stereocenters. The molecule has 204 valence electrons. The number of aromatic nitrogens is 2. The van der Waals surface area contributed by atoms with Crippen molar-refractivity contribution in [3.63, 3.8) is 0 Å². The number of hydrogen-bond donors (Lipinski definition) is 0. The molecule has 0 saturated carbocycles. The van der Waals surface area contributed by atoms with Gasteiger partial charge in [-0.1, -0.05) is 23.7 Å². The Bertz CT molecular complexity index is 1590. The monoisotopic (exact) mass is 564 g/mol. The quantitative estimate of drug-likeness (QED) is 0.329. The molecule has 1 aromatic heterocycles. The van der Waals surface area contributed by atoms with Crippen LogP contribution in [0.5, 0.6) is 0 Å². The molecule has 2 saturated heterocycles. The van der Waals surface area contributed by atoms with E-state index in [0.717, 1.165) is 85.8 Å². The van der Waals surface area contributed by atoms with Gasteiger partial charge in [0, 0.05) is 70.0 Å². The van der Waals surface area contributed by atoms with E-state index in [1.54, 1.807) is 24.3 Å². The van der Waals surface area contributed by atoms with Crippen molar-refractivity contribution in [3.05, 3.63) is 65.7 Å². The van der Waals surface area contributed by atoms with Gasteiger partial charge in [0.05, 0.1) is 15.4 Å². The van der Waals surface area contributed by atoms with Crippen LogP contribution in [0.2, 0.25) is 5.02 Å². The second-order valence-corrected chi connectivity index (χ2v) is 13.0. The van der Waals surface area contributed by atoms with Crippen LogP contribution >= 0.6 is 11.6 Å². The zero-order valence-corrected chi connectivity index (χ0v) is 23.9. The van der Waals surface area contributed by atoms with Crippen molar-refractivity contribution >= 4 is 38.2 Å². The summed E-state index contributed by atoms with van der Waals surface area (Å²) >= 11 is 6.72. The van der Waals surface area contributed by atoms with Crippen molar-refractivity contribution in [2.24, 2.45) is 7.05 Å². The summed E-state index contributed by atoms with van der Waals surface area (Å²) < 4.78 is 31.2. The predicted octanol–water partition coefficient (Wildman–Crippen LogP) is 5.27. The fourth-order valence-electron chi connectivity index (χ4n) is 5.78. The molecule has 2 fully saturated rings. The number of halogens is 1. The number of aryl methyl sites for hydroxylation is 1. The number of fused-ring (bicyclic) bond motifs is 1. The van der Waals surface area contributed by atoms with Crippen molar-refractivity contribution in [1.29, 1.82) is 0 Å². The van der Waals surface area contributed by atoms with Crippen LogP contribution in [0.15, 0.2) is 65.6 Å². The van der Waals surface area contributed by atoms with Gasteiger partial charge >= 0.3 is 0 Å². The number of piperazine rings is 1. The summed E-state index contributed by atoms with van der Waals surface area (Å²) in [7, 11) is -1.30. The summed E-state index contributed by atoms with van der Waals surface area (Å²) in [5.41, 5.74) is 5.86. The zero-order chi connectivity index (χ0) is 27.1. The van der Waals surface area contributed by atoms with E-state index in [9.17, 15) is 8.42 Å².